The maximum absolute atomic E-state index is 12.9. The molecule has 3 aromatic rings. The van der Waals surface area contributed by atoms with Crippen LogP contribution in [0.25, 0.3) is 0 Å². The van der Waals surface area contributed by atoms with Gasteiger partial charge in [-0.2, -0.15) is 0 Å². The monoisotopic (exact) mass is 393 g/mol. The van der Waals surface area contributed by atoms with Crippen molar-refractivity contribution in [3.63, 3.8) is 0 Å². The smallest absolute Gasteiger partial charge is 0.418 e. The number of amides is 1. The molecule has 0 radical (unpaired) electrons. The summed E-state index contributed by atoms with van der Waals surface area (Å²) >= 11 is 0. The molecule has 0 N–H and O–H groups in total. The molecular formula is C22H19NO6. The molecule has 1 amide bonds. The topological polar surface area (TPSA) is 78.2 Å². The Bertz CT molecular complexity index is 1010. The molecule has 2 heterocycles. The van der Waals surface area contributed by atoms with Crippen molar-refractivity contribution in [1.29, 1.82) is 0 Å². The zero-order chi connectivity index (χ0) is 20.4. The number of furan rings is 1. The maximum Gasteiger partial charge on any atom is 0.418 e. The number of hydrogen-bond acceptors (Lipinski definition) is 6. The highest BCUT2D eigenvalue weighted by Gasteiger charge is 2.46. The molecule has 1 aromatic heterocycles. The zero-order valence-corrected chi connectivity index (χ0v) is 15.9. The van der Waals surface area contributed by atoms with E-state index >= 15 is 0 Å². The lowest BCUT2D eigenvalue weighted by Crippen LogP contribution is -2.27. The molecule has 0 bridgehead atoms. The molecule has 0 spiro atoms. The minimum absolute atomic E-state index is 0.0328. The van der Waals surface area contributed by atoms with Crippen LogP contribution in [-0.2, 0) is 9.47 Å². The first kappa shape index (κ1) is 18.6. The largest absolute Gasteiger partial charge is 0.468 e. The second-order valence-corrected chi connectivity index (χ2v) is 6.42. The number of anilines is 1. The Hall–Kier alpha value is -3.74. The Morgan fingerprint density at radius 1 is 0.966 bits per heavy atom. The Morgan fingerprint density at radius 3 is 2.17 bits per heavy atom. The van der Waals surface area contributed by atoms with Crippen LogP contribution in [0, 0.1) is 0 Å². The standard InChI is InChI=1S/C22H19NO6/c1-26-20(24)16-13-17(28-21(16)27-2)23-18(14-9-5-3-6-10-14)19(29-22(23)25)15-11-7-4-8-12-15/h3-13,18-19H,1-2H3/t18-,19+/m1/s1. The first-order chi connectivity index (χ1) is 14.1. The van der Waals surface area contributed by atoms with Crippen LogP contribution in [0.3, 0.4) is 0 Å². The first-order valence-corrected chi connectivity index (χ1v) is 9.00. The van der Waals surface area contributed by atoms with E-state index in [0.717, 1.165) is 11.1 Å². The van der Waals surface area contributed by atoms with Crippen LogP contribution in [0.15, 0.2) is 71.1 Å². The highest BCUT2D eigenvalue weighted by molar-refractivity contribution is 5.95. The van der Waals surface area contributed by atoms with Gasteiger partial charge >= 0.3 is 18.0 Å². The van der Waals surface area contributed by atoms with Gasteiger partial charge in [0.05, 0.1) is 14.2 Å². The molecule has 148 valence electrons. The summed E-state index contributed by atoms with van der Waals surface area (Å²) in [6.45, 7) is 0. The van der Waals surface area contributed by atoms with Gasteiger partial charge in [0, 0.05) is 6.07 Å². The minimum Gasteiger partial charge on any atom is -0.468 e. The van der Waals surface area contributed by atoms with Crippen LogP contribution in [0.2, 0.25) is 0 Å². The summed E-state index contributed by atoms with van der Waals surface area (Å²) < 4.78 is 21.3. The molecule has 1 saturated heterocycles. The summed E-state index contributed by atoms with van der Waals surface area (Å²) in [5.41, 5.74) is 1.80. The van der Waals surface area contributed by atoms with Gasteiger partial charge in [-0.25, -0.2) is 14.5 Å². The number of esters is 1. The van der Waals surface area contributed by atoms with E-state index in [1.807, 2.05) is 60.7 Å². The van der Waals surface area contributed by atoms with Gasteiger partial charge in [-0.1, -0.05) is 60.7 Å². The van der Waals surface area contributed by atoms with Crippen LogP contribution in [0.4, 0.5) is 10.7 Å². The van der Waals surface area contributed by atoms with Crippen molar-refractivity contribution in [2.75, 3.05) is 19.1 Å². The molecule has 2 aromatic carbocycles. The van der Waals surface area contributed by atoms with Crippen LogP contribution in [0.5, 0.6) is 5.95 Å². The SMILES string of the molecule is COC(=O)c1cc(N2C(=O)O[C@@H](c3ccccc3)[C@H]2c2ccccc2)oc1OC. The van der Waals surface area contributed by atoms with Crippen molar-refractivity contribution in [3.05, 3.63) is 83.4 Å². The highest BCUT2D eigenvalue weighted by atomic mass is 16.6. The van der Waals surface area contributed by atoms with Gasteiger partial charge < -0.3 is 18.6 Å². The summed E-state index contributed by atoms with van der Waals surface area (Å²) in [5.74, 6) is -0.519. The Balaban J connectivity index is 1.82. The van der Waals surface area contributed by atoms with Crippen molar-refractivity contribution in [3.8, 4) is 5.95 Å². The van der Waals surface area contributed by atoms with E-state index in [0.29, 0.717) is 0 Å². The lowest BCUT2D eigenvalue weighted by atomic mass is 9.95. The third-order valence-electron chi connectivity index (χ3n) is 4.77. The van der Waals surface area contributed by atoms with E-state index < -0.39 is 24.2 Å². The van der Waals surface area contributed by atoms with E-state index in [1.165, 1.54) is 25.2 Å². The molecule has 0 saturated carbocycles. The number of carbonyl (C=O) groups is 2. The number of methoxy groups -OCH3 is 2. The van der Waals surface area contributed by atoms with Gasteiger partial charge in [-0.15, -0.1) is 0 Å². The number of benzene rings is 2. The number of rotatable bonds is 5. The van der Waals surface area contributed by atoms with Crippen molar-refractivity contribution in [2.45, 2.75) is 12.1 Å². The van der Waals surface area contributed by atoms with Crippen LogP contribution < -0.4 is 9.64 Å². The fourth-order valence-corrected chi connectivity index (χ4v) is 3.46. The normalized spacial score (nSPS) is 18.4. The zero-order valence-electron chi connectivity index (χ0n) is 15.9. The maximum atomic E-state index is 12.9. The molecule has 7 nitrogen and oxygen atoms in total. The average Bonchev–Trinajstić information content (AvgIpc) is 3.35. The lowest BCUT2D eigenvalue weighted by molar-refractivity contribution is 0.0594. The summed E-state index contributed by atoms with van der Waals surface area (Å²) in [6, 6.07) is 19.9. The summed E-state index contributed by atoms with van der Waals surface area (Å²) in [5, 5.41) is 0. The predicted octanol–water partition coefficient (Wildman–Crippen LogP) is 4.51. The summed E-state index contributed by atoms with van der Waals surface area (Å²) in [6.07, 6.45) is -1.13. The van der Waals surface area contributed by atoms with Crippen LogP contribution >= 0.6 is 0 Å². The molecule has 2 atom stereocenters. The van der Waals surface area contributed by atoms with E-state index in [-0.39, 0.29) is 17.4 Å². The summed E-state index contributed by atoms with van der Waals surface area (Å²) in [4.78, 5) is 26.3. The van der Waals surface area contributed by atoms with Crippen LogP contribution in [0.1, 0.15) is 33.6 Å². The Kier molecular flexibility index (Phi) is 4.95. The number of ether oxygens (including phenoxy) is 3. The first-order valence-electron chi connectivity index (χ1n) is 9.00. The number of nitrogens with zero attached hydrogens (tertiary/aromatic N) is 1. The van der Waals surface area contributed by atoms with E-state index in [2.05, 4.69) is 0 Å². The van der Waals surface area contributed by atoms with Crippen molar-refractivity contribution in [1.82, 2.24) is 0 Å². The summed E-state index contributed by atoms with van der Waals surface area (Å²) in [7, 11) is 2.63. The molecule has 7 heteroatoms. The molecule has 29 heavy (non-hydrogen) atoms. The van der Waals surface area contributed by atoms with Gasteiger partial charge in [0.25, 0.3) is 0 Å². The Morgan fingerprint density at radius 2 is 1.59 bits per heavy atom. The number of hydrogen-bond donors (Lipinski definition) is 0. The molecule has 0 unspecified atom stereocenters. The molecular weight excluding hydrogens is 374 g/mol. The molecule has 1 aliphatic rings. The van der Waals surface area contributed by atoms with E-state index in [9.17, 15) is 9.59 Å². The van der Waals surface area contributed by atoms with Crippen molar-refractivity contribution in [2.24, 2.45) is 0 Å². The quantitative estimate of drug-likeness (QED) is 0.594. The van der Waals surface area contributed by atoms with Gasteiger partial charge in [0.15, 0.2) is 6.10 Å². The third kappa shape index (κ3) is 3.31. The molecule has 0 aliphatic carbocycles. The second kappa shape index (κ2) is 7.71. The lowest BCUT2D eigenvalue weighted by Gasteiger charge is -2.23. The Labute approximate surface area is 167 Å². The highest BCUT2D eigenvalue weighted by Crippen LogP contribution is 2.46. The fraction of sp³-hybridized carbons (Fsp3) is 0.182. The molecule has 4 rings (SSSR count). The molecule has 1 fully saturated rings. The number of cyclic esters (lactones) is 1. The van der Waals surface area contributed by atoms with E-state index in [4.69, 9.17) is 18.6 Å². The van der Waals surface area contributed by atoms with E-state index in [1.54, 1.807) is 0 Å². The van der Waals surface area contributed by atoms with Gasteiger partial charge in [-0.05, 0) is 11.1 Å². The predicted molar refractivity (Wildman–Crippen MR) is 104 cm³/mol. The van der Waals surface area contributed by atoms with Crippen LogP contribution in [-0.4, -0.2) is 26.3 Å². The number of carbonyl (C=O) groups excluding carboxylic acids is 2. The molecule has 1 aliphatic heterocycles. The minimum atomic E-state index is -0.625. The average molecular weight is 393 g/mol. The second-order valence-electron chi connectivity index (χ2n) is 6.42. The fourth-order valence-electron chi connectivity index (χ4n) is 3.46. The van der Waals surface area contributed by atoms with Crippen molar-refractivity contribution < 1.29 is 28.2 Å². The third-order valence-corrected chi connectivity index (χ3v) is 4.77. The van der Waals surface area contributed by atoms with Gasteiger partial charge in [0.2, 0.25) is 5.88 Å². The van der Waals surface area contributed by atoms with Gasteiger partial charge in [-0.3, -0.25) is 0 Å². The van der Waals surface area contributed by atoms with Crippen molar-refractivity contribution >= 4 is 17.9 Å². The van der Waals surface area contributed by atoms with Gasteiger partial charge in [0.1, 0.15) is 11.6 Å².